The number of alkyl halides is 4. The van der Waals surface area contributed by atoms with Crippen molar-refractivity contribution in [2.24, 2.45) is 37.9 Å². The van der Waals surface area contributed by atoms with Gasteiger partial charge in [-0.25, -0.2) is 38.8 Å². The number of esters is 1. The van der Waals surface area contributed by atoms with Gasteiger partial charge in [0.2, 0.25) is 0 Å². The third-order valence-electron chi connectivity index (χ3n) is 24.5. The number of sulfonamides is 3. The van der Waals surface area contributed by atoms with Crippen molar-refractivity contribution < 1.29 is 62.2 Å². The van der Waals surface area contributed by atoms with Crippen LogP contribution in [0.15, 0.2) is 415 Å². The maximum absolute atomic E-state index is 13.2. The van der Waals surface area contributed by atoms with Crippen LogP contribution in [0.1, 0.15) is 133 Å². The highest BCUT2D eigenvalue weighted by Crippen LogP contribution is 2.68. The molecule has 0 aliphatic heterocycles. The number of hydrogen-bond acceptors (Lipinski definition) is 10. The summed E-state index contributed by atoms with van der Waals surface area (Å²) < 4.78 is 134. The van der Waals surface area contributed by atoms with Crippen molar-refractivity contribution in [2.75, 3.05) is 17.8 Å². The zero-order chi connectivity index (χ0) is 94.1. The standard InChI is InChI=1S/2C22H23S.2C18H15S.C14H22F2NO6S2.C13H19F2NO4S/c2*1-22(2,3)18-14-16-21(17-15-18)23(19-10-6-4-7-11-19)20-12-8-5-9-13-20;2*1-4-10-16(11-5-1)19(17-12-6-2-7-13-17)18-14-8-3-9-15-18;1-12(2)9-5-6-14(12,8-25(21,22)17-24(4,19)20)10(7-9)23-11(18)13(3,15)16;1-11(2)8-4-5-13(11,9(17)6-8)7-21(19,20)16-10(18)12(3,14)15/h2*4-17H,1-3H3;2*1-15H;9-10H,5-8H2,1-4H3;8H,4-7H2,1-3H3,(H,16,18)/q4*+1;-1;/p-1. The van der Waals surface area contributed by atoms with Gasteiger partial charge >= 0.3 is 11.9 Å². The van der Waals surface area contributed by atoms with Gasteiger partial charge in [0.15, 0.2) is 58.7 Å². The van der Waals surface area contributed by atoms with Crippen LogP contribution in [0.4, 0.5) is 17.6 Å². The van der Waals surface area contributed by atoms with E-state index in [0.717, 1.165) is 6.42 Å². The summed E-state index contributed by atoms with van der Waals surface area (Å²) in [4.78, 5) is 40.2. The monoisotopic (exact) mass is 1890 g/mol. The van der Waals surface area contributed by atoms with Crippen LogP contribution in [-0.4, -0.2) is 78.6 Å². The number of hydrogen-bond donors (Lipinski definition) is 0. The molecule has 0 radical (unpaired) electrons. The van der Waals surface area contributed by atoms with E-state index in [2.05, 4.69) is 402 Å². The third kappa shape index (κ3) is 25.7. The van der Waals surface area contributed by atoms with Crippen LogP contribution < -0.4 is 5.11 Å². The fourth-order valence-electron chi connectivity index (χ4n) is 17.3. The number of nitrogens with zero attached hydrogens (tertiary/aromatic N) is 2. The molecule has 682 valence electrons. The molecule has 4 aliphatic carbocycles. The fraction of sp³-hybridized carbons (Fsp3) is 0.299. The first-order valence-electron chi connectivity index (χ1n) is 43.2. The van der Waals surface area contributed by atoms with Crippen molar-refractivity contribution in [2.45, 2.75) is 209 Å². The average Bonchev–Trinajstić information content (AvgIpc) is 1.54. The summed E-state index contributed by atoms with van der Waals surface area (Å²) in [7, 11) is -13.1. The van der Waals surface area contributed by atoms with E-state index in [1.54, 1.807) is 13.8 Å². The van der Waals surface area contributed by atoms with Crippen molar-refractivity contribution in [3.63, 3.8) is 0 Å². The van der Waals surface area contributed by atoms with Crippen LogP contribution in [0.5, 0.6) is 0 Å². The molecule has 0 N–H and O–H groups in total. The first kappa shape index (κ1) is 101. The summed E-state index contributed by atoms with van der Waals surface area (Å²) in [5, 5.41) is 11.1. The molecule has 4 saturated carbocycles. The summed E-state index contributed by atoms with van der Waals surface area (Å²) in [6.45, 7) is 21.5. The van der Waals surface area contributed by atoms with Crippen LogP contribution in [0, 0.1) is 33.5 Å². The Balaban J connectivity index is 0.000000151. The molecule has 130 heavy (non-hydrogen) atoms. The number of fused-ring (bicyclic) bond motifs is 4. The zero-order valence-corrected chi connectivity index (χ0v) is 81.4. The maximum Gasteiger partial charge on any atom is 0.376 e. The summed E-state index contributed by atoms with van der Waals surface area (Å²) in [6, 6.07) is 126. The van der Waals surface area contributed by atoms with Crippen molar-refractivity contribution in [3.8, 4) is 0 Å². The number of ketones is 1. The molecule has 12 aromatic carbocycles. The second-order valence-corrected chi connectivity index (χ2v) is 49.5. The molecular formula is C107H116F4N2O10S7+2. The minimum absolute atomic E-state index is 0.00999. The molecule has 5 unspecified atom stereocenters. The van der Waals surface area contributed by atoms with E-state index < -0.39 is 93.1 Å². The van der Waals surface area contributed by atoms with Crippen molar-refractivity contribution in [1.29, 1.82) is 0 Å². The molecule has 12 aromatic rings. The molecule has 23 heteroatoms. The van der Waals surface area contributed by atoms with Crippen LogP contribution in [-0.2, 0) is 98.8 Å². The van der Waals surface area contributed by atoms with Crippen LogP contribution in [0.25, 0.3) is 4.13 Å². The Morgan fingerprint density at radius 3 is 0.869 bits per heavy atom. The van der Waals surface area contributed by atoms with Gasteiger partial charge in [0.25, 0.3) is 15.9 Å². The molecule has 16 rings (SSSR count). The Hall–Kier alpha value is -9.82. The van der Waals surface area contributed by atoms with E-state index in [4.69, 9.17) is 4.74 Å². The highest BCUT2D eigenvalue weighted by atomic mass is 32.3. The lowest BCUT2D eigenvalue weighted by molar-refractivity contribution is -0.240. The molecule has 0 aromatic heterocycles. The van der Waals surface area contributed by atoms with Gasteiger partial charge in [-0.1, -0.05) is 275 Å². The second-order valence-electron chi connectivity index (χ2n) is 36.2. The van der Waals surface area contributed by atoms with Gasteiger partial charge in [-0.05, 0) is 222 Å². The smallest absolute Gasteiger partial charge is 0.376 e. The van der Waals surface area contributed by atoms with Gasteiger partial charge in [-0.3, -0.25) is 4.79 Å². The van der Waals surface area contributed by atoms with E-state index in [1.807, 2.05) is 13.8 Å². The average molecular weight is 1890 g/mol. The molecule has 0 saturated heterocycles. The van der Waals surface area contributed by atoms with Crippen molar-refractivity contribution in [1.82, 2.24) is 0 Å². The molecule has 4 bridgehead atoms. The van der Waals surface area contributed by atoms with Gasteiger partial charge in [0.05, 0.1) is 74.8 Å². The third-order valence-corrected chi connectivity index (χ3v) is 37.6. The number of ether oxygens (including phenoxy) is 1. The molecule has 0 spiro atoms. The number of halogens is 4. The number of carbonyl (C=O) groups excluding carboxylic acids is 2. The minimum atomic E-state index is -4.42. The molecule has 4 fully saturated rings. The number of rotatable bonds is 22. The number of Topliss-reactive ketones (excluding diaryl/α,β-unsaturated/α-hetero) is 1. The van der Waals surface area contributed by atoms with Gasteiger partial charge in [0.1, 0.15) is 11.9 Å². The topological polar surface area (TPSA) is 195 Å². The molecule has 5 atom stereocenters. The first-order chi connectivity index (χ1) is 61.3. The molecular weight excluding hydrogens is 1770 g/mol. The zero-order valence-electron chi connectivity index (χ0n) is 75.7. The van der Waals surface area contributed by atoms with Crippen molar-refractivity contribution >= 4 is 91.3 Å². The fourth-order valence-corrected chi connectivity index (χ4v) is 30.7. The predicted octanol–water partition coefficient (Wildman–Crippen LogP) is 24.9. The summed E-state index contributed by atoms with van der Waals surface area (Å²) in [5.74, 6) is -12.6. The predicted molar refractivity (Wildman–Crippen MR) is 520 cm³/mol. The van der Waals surface area contributed by atoms with Crippen LogP contribution in [0.3, 0.4) is 0 Å². The maximum atomic E-state index is 13.2. The normalized spacial score (nSPS) is 18.6. The van der Waals surface area contributed by atoms with E-state index in [0.29, 0.717) is 45.8 Å². The molecule has 0 amide bonds. The highest BCUT2D eigenvalue weighted by Gasteiger charge is 2.67. The summed E-state index contributed by atoms with van der Waals surface area (Å²) in [5.41, 5.74) is -0.259. The first-order valence-corrected chi connectivity index (χ1v) is 53.2. The molecule has 0 heterocycles. The van der Waals surface area contributed by atoms with Gasteiger partial charge < -0.3 is 14.0 Å². The number of carbonyl (C=O) groups is 2. The second kappa shape index (κ2) is 42.8. The van der Waals surface area contributed by atoms with Crippen LogP contribution in [0.2, 0.25) is 0 Å². The quantitative estimate of drug-likeness (QED) is 0.0207. The largest absolute Gasteiger partial charge is 0.857 e. The Bertz CT molecular complexity index is 5530. The lowest BCUT2D eigenvalue weighted by atomic mass is 9.69. The molecule has 12 nitrogen and oxygen atoms in total. The highest BCUT2D eigenvalue weighted by molar-refractivity contribution is 8.12. The van der Waals surface area contributed by atoms with Gasteiger partial charge in [-0.15, -0.1) is 0 Å². The lowest BCUT2D eigenvalue weighted by Gasteiger charge is -2.43. The van der Waals surface area contributed by atoms with E-state index >= 15 is 0 Å². The summed E-state index contributed by atoms with van der Waals surface area (Å²) in [6.07, 6.45) is 2.32. The Kier molecular flexibility index (Phi) is 33.2. The van der Waals surface area contributed by atoms with E-state index in [-0.39, 0.29) is 78.4 Å². The van der Waals surface area contributed by atoms with Gasteiger partial charge in [-0.2, -0.15) is 13.2 Å². The lowest BCUT2D eigenvalue weighted by Crippen LogP contribution is -2.47. The minimum Gasteiger partial charge on any atom is -0.857 e. The summed E-state index contributed by atoms with van der Waals surface area (Å²) >= 11 is 0. The van der Waals surface area contributed by atoms with E-state index in [1.165, 1.54) is 69.9 Å². The van der Waals surface area contributed by atoms with Crippen LogP contribution >= 0.6 is 0 Å². The molecule has 4 aliphatic rings. The Labute approximate surface area is 779 Å². The van der Waals surface area contributed by atoms with E-state index in [9.17, 15) is 57.5 Å². The SMILES string of the molecule is CC(C)(C)c1ccc([S+](c2ccccc2)c2ccccc2)cc1.CC(C)(C)c1ccc([S+](c2ccccc2)c2ccccc2)cc1.CC(F)(F)C(=O)OC1CC2CCC1(CS(=O)(=O)[N-]S(C)(=O)=O)C2(C)C.CC(F)(F)C([O-])=NS(=O)(=O)CC12CCC(CC1=O)C2(C)C.c1ccc([S+](c2ccccc2)c2ccccc2)cc1.c1ccc([S+](c2ccccc2)c2ccccc2)cc1. The van der Waals surface area contributed by atoms with Crippen molar-refractivity contribution in [3.05, 3.63) is 367 Å². The Morgan fingerprint density at radius 2 is 0.654 bits per heavy atom. The van der Waals surface area contributed by atoms with Gasteiger partial charge in [0, 0.05) is 43.6 Å². The Morgan fingerprint density at radius 1 is 0.392 bits per heavy atom. The number of benzene rings is 12.